The maximum absolute atomic E-state index is 11.6. The van der Waals surface area contributed by atoms with E-state index < -0.39 is 0 Å². The highest BCUT2D eigenvalue weighted by atomic mass is 16.5. The molecule has 3 rings (SSSR count). The molecule has 1 fully saturated rings. The average molecular weight is 299 g/mol. The van der Waals surface area contributed by atoms with Crippen molar-refractivity contribution in [3.8, 4) is 6.07 Å². The van der Waals surface area contributed by atoms with Crippen LogP contribution in [0.15, 0.2) is 6.07 Å². The number of hydrogen-bond acceptors (Lipinski definition) is 5. The summed E-state index contributed by atoms with van der Waals surface area (Å²) in [6.07, 6.45) is 6.84. The number of nitrogens with zero attached hydrogens (tertiary/aromatic N) is 2. The van der Waals surface area contributed by atoms with Crippen molar-refractivity contribution in [2.24, 2.45) is 5.92 Å². The predicted octanol–water partition coefficient (Wildman–Crippen LogP) is 2.59. The SMILES string of the molecule is COC(=O)[C@H]1CC[C@@H](Nc2nc3c(cc2C#N)CCCC3)C1. The number of methoxy groups -OCH3 is 1. The number of aryl methyl sites for hydroxylation is 2. The van der Waals surface area contributed by atoms with Gasteiger partial charge in [-0.25, -0.2) is 4.98 Å². The van der Waals surface area contributed by atoms with Gasteiger partial charge < -0.3 is 10.1 Å². The monoisotopic (exact) mass is 299 g/mol. The van der Waals surface area contributed by atoms with E-state index in [9.17, 15) is 10.1 Å². The molecule has 0 aliphatic heterocycles. The third-order valence-electron chi connectivity index (χ3n) is 4.73. The first-order valence-corrected chi connectivity index (χ1v) is 7.98. The van der Waals surface area contributed by atoms with Crippen molar-refractivity contribution in [2.75, 3.05) is 12.4 Å². The van der Waals surface area contributed by atoms with Crippen LogP contribution in [0.4, 0.5) is 5.82 Å². The Bertz CT molecular complexity index is 621. The smallest absolute Gasteiger partial charge is 0.308 e. The molecule has 0 aromatic carbocycles. The van der Waals surface area contributed by atoms with E-state index in [4.69, 9.17) is 4.74 Å². The van der Waals surface area contributed by atoms with Crippen molar-refractivity contribution in [3.63, 3.8) is 0 Å². The summed E-state index contributed by atoms with van der Waals surface area (Å²) >= 11 is 0. The summed E-state index contributed by atoms with van der Waals surface area (Å²) in [5.41, 5.74) is 2.95. The number of anilines is 1. The molecule has 1 saturated carbocycles. The van der Waals surface area contributed by atoms with Gasteiger partial charge in [0.25, 0.3) is 0 Å². The molecule has 0 spiro atoms. The Morgan fingerprint density at radius 1 is 1.41 bits per heavy atom. The van der Waals surface area contributed by atoms with Gasteiger partial charge in [0.15, 0.2) is 0 Å². The van der Waals surface area contributed by atoms with Gasteiger partial charge in [0.1, 0.15) is 11.9 Å². The van der Waals surface area contributed by atoms with Crippen molar-refractivity contribution in [3.05, 3.63) is 22.9 Å². The fourth-order valence-corrected chi connectivity index (χ4v) is 3.52. The van der Waals surface area contributed by atoms with Crippen LogP contribution < -0.4 is 5.32 Å². The van der Waals surface area contributed by atoms with Crippen LogP contribution in [0.3, 0.4) is 0 Å². The number of hydrogen-bond donors (Lipinski definition) is 1. The summed E-state index contributed by atoms with van der Waals surface area (Å²) in [6, 6.07) is 4.42. The Morgan fingerprint density at radius 3 is 3.00 bits per heavy atom. The summed E-state index contributed by atoms with van der Waals surface area (Å²) in [5.74, 6) is 0.507. The fraction of sp³-hybridized carbons (Fsp3) is 0.588. The third-order valence-corrected chi connectivity index (χ3v) is 4.73. The average Bonchev–Trinajstić information content (AvgIpc) is 3.02. The van der Waals surface area contributed by atoms with Gasteiger partial charge in [0.05, 0.1) is 18.6 Å². The molecule has 2 aliphatic rings. The molecule has 5 heteroatoms. The zero-order valence-corrected chi connectivity index (χ0v) is 12.9. The van der Waals surface area contributed by atoms with Gasteiger partial charge in [-0.2, -0.15) is 5.26 Å². The number of rotatable bonds is 3. The molecule has 2 atom stereocenters. The standard InChI is InChI=1S/C17H21N3O2/c1-22-17(21)12-6-7-14(9-12)19-16-13(10-18)8-11-4-2-3-5-15(11)20-16/h8,12,14H,2-7,9H2,1H3,(H,19,20)/t12-,14+/m0/s1. The molecule has 116 valence electrons. The molecule has 5 nitrogen and oxygen atoms in total. The van der Waals surface area contributed by atoms with Crippen LogP contribution in [0.25, 0.3) is 0 Å². The number of carbonyl (C=O) groups excluding carboxylic acids is 1. The zero-order chi connectivity index (χ0) is 15.5. The Hall–Kier alpha value is -2.09. The molecule has 1 aromatic rings. The van der Waals surface area contributed by atoms with Crippen LogP contribution in [0.5, 0.6) is 0 Å². The largest absolute Gasteiger partial charge is 0.469 e. The second kappa shape index (κ2) is 6.35. The van der Waals surface area contributed by atoms with E-state index in [0.29, 0.717) is 11.4 Å². The van der Waals surface area contributed by atoms with Gasteiger partial charge in [-0.1, -0.05) is 0 Å². The lowest BCUT2D eigenvalue weighted by molar-refractivity contribution is -0.145. The maximum Gasteiger partial charge on any atom is 0.308 e. The lowest BCUT2D eigenvalue weighted by Gasteiger charge is -2.19. The first-order chi connectivity index (χ1) is 10.7. The lowest BCUT2D eigenvalue weighted by atomic mass is 9.95. The molecule has 2 aliphatic carbocycles. The van der Waals surface area contributed by atoms with Crippen LogP contribution in [-0.4, -0.2) is 24.1 Å². The van der Waals surface area contributed by atoms with E-state index in [1.54, 1.807) is 0 Å². The lowest BCUT2D eigenvalue weighted by Crippen LogP contribution is -2.21. The zero-order valence-electron chi connectivity index (χ0n) is 12.9. The molecule has 1 N–H and O–H groups in total. The summed E-state index contributed by atoms with van der Waals surface area (Å²) in [6.45, 7) is 0. The molecular formula is C17H21N3O2. The molecule has 0 saturated heterocycles. The second-order valence-corrected chi connectivity index (χ2v) is 6.18. The Balaban J connectivity index is 1.75. The van der Waals surface area contributed by atoms with Gasteiger partial charge in [-0.05, 0) is 56.6 Å². The van der Waals surface area contributed by atoms with Crippen LogP contribution in [0.1, 0.15) is 48.9 Å². The Morgan fingerprint density at radius 2 is 2.23 bits per heavy atom. The minimum Gasteiger partial charge on any atom is -0.469 e. The fourth-order valence-electron chi connectivity index (χ4n) is 3.52. The van der Waals surface area contributed by atoms with Gasteiger partial charge in [0.2, 0.25) is 0 Å². The van der Waals surface area contributed by atoms with Gasteiger partial charge in [0, 0.05) is 11.7 Å². The van der Waals surface area contributed by atoms with E-state index >= 15 is 0 Å². The van der Waals surface area contributed by atoms with E-state index in [-0.39, 0.29) is 17.9 Å². The van der Waals surface area contributed by atoms with Crippen molar-refractivity contribution in [2.45, 2.75) is 51.0 Å². The second-order valence-electron chi connectivity index (χ2n) is 6.18. The van der Waals surface area contributed by atoms with E-state index in [1.165, 1.54) is 25.5 Å². The third kappa shape index (κ3) is 2.92. The first kappa shape index (κ1) is 14.8. The highest BCUT2D eigenvalue weighted by Gasteiger charge is 2.31. The molecule has 0 amide bonds. The summed E-state index contributed by atoms with van der Waals surface area (Å²) in [7, 11) is 1.43. The van der Waals surface area contributed by atoms with Crippen LogP contribution in [0.2, 0.25) is 0 Å². The van der Waals surface area contributed by atoms with Crippen LogP contribution in [-0.2, 0) is 22.4 Å². The number of nitrogens with one attached hydrogen (secondary N) is 1. The molecule has 22 heavy (non-hydrogen) atoms. The minimum absolute atomic E-state index is 0.0364. The van der Waals surface area contributed by atoms with Crippen molar-refractivity contribution < 1.29 is 9.53 Å². The number of esters is 1. The number of nitriles is 1. The van der Waals surface area contributed by atoms with Crippen molar-refractivity contribution in [1.29, 1.82) is 5.26 Å². The predicted molar refractivity (Wildman–Crippen MR) is 82.4 cm³/mol. The number of ether oxygens (including phenoxy) is 1. The van der Waals surface area contributed by atoms with Crippen molar-refractivity contribution in [1.82, 2.24) is 4.98 Å². The highest BCUT2D eigenvalue weighted by Crippen LogP contribution is 2.30. The van der Waals surface area contributed by atoms with E-state index in [1.807, 2.05) is 6.07 Å². The molecular weight excluding hydrogens is 278 g/mol. The van der Waals surface area contributed by atoms with Crippen LogP contribution >= 0.6 is 0 Å². The van der Waals surface area contributed by atoms with Crippen LogP contribution in [0, 0.1) is 17.2 Å². The van der Waals surface area contributed by atoms with Gasteiger partial charge in [-0.15, -0.1) is 0 Å². The highest BCUT2D eigenvalue weighted by molar-refractivity contribution is 5.72. The number of fused-ring (bicyclic) bond motifs is 1. The maximum atomic E-state index is 11.6. The summed E-state index contributed by atoms with van der Waals surface area (Å²) in [4.78, 5) is 16.3. The minimum atomic E-state index is -0.136. The first-order valence-electron chi connectivity index (χ1n) is 7.98. The Kier molecular flexibility index (Phi) is 4.28. The van der Waals surface area contributed by atoms with Crippen molar-refractivity contribution >= 4 is 11.8 Å². The summed E-state index contributed by atoms with van der Waals surface area (Å²) < 4.78 is 4.82. The van der Waals surface area contributed by atoms with Gasteiger partial charge >= 0.3 is 5.97 Å². The van der Waals surface area contributed by atoms with Gasteiger partial charge in [-0.3, -0.25) is 4.79 Å². The number of aromatic nitrogens is 1. The molecule has 0 unspecified atom stereocenters. The molecule has 0 bridgehead atoms. The normalized spacial score (nSPS) is 23.5. The number of pyridine rings is 1. The van der Waals surface area contributed by atoms with E-state index in [0.717, 1.165) is 37.8 Å². The quantitative estimate of drug-likeness (QED) is 0.868. The molecule has 1 heterocycles. The topological polar surface area (TPSA) is 75.0 Å². The summed E-state index contributed by atoms with van der Waals surface area (Å²) in [5, 5.41) is 12.7. The Labute approximate surface area is 130 Å². The molecule has 1 aromatic heterocycles. The van der Waals surface area contributed by atoms with E-state index in [2.05, 4.69) is 16.4 Å². The number of carbonyl (C=O) groups is 1. The molecule has 0 radical (unpaired) electrons.